The van der Waals surface area contributed by atoms with Gasteiger partial charge in [-0.25, -0.2) is 0 Å². The second-order valence-electron chi connectivity index (χ2n) is 6.04. The molecular weight excluding hydrogens is 254 g/mol. The number of carboxylic acids is 1. The van der Waals surface area contributed by atoms with Crippen molar-refractivity contribution in [2.45, 2.75) is 46.6 Å². The van der Waals surface area contributed by atoms with E-state index in [9.17, 15) is 9.59 Å². The molecule has 0 saturated carbocycles. The van der Waals surface area contributed by atoms with Crippen LogP contribution in [-0.2, 0) is 4.79 Å². The monoisotopic (exact) mass is 277 g/mol. The number of aryl methyl sites for hydroxylation is 2. The minimum atomic E-state index is -0.895. The van der Waals surface area contributed by atoms with Gasteiger partial charge in [-0.3, -0.25) is 9.59 Å². The molecule has 1 N–H and O–H groups in total. The van der Waals surface area contributed by atoms with Gasteiger partial charge >= 0.3 is 5.97 Å². The fourth-order valence-corrected chi connectivity index (χ4v) is 2.24. The molecule has 0 spiro atoms. The van der Waals surface area contributed by atoms with Crippen molar-refractivity contribution in [3.05, 3.63) is 34.9 Å². The third-order valence-corrected chi connectivity index (χ3v) is 3.30. The lowest BCUT2D eigenvalue weighted by molar-refractivity contribution is -0.137. The standard InChI is InChI=1S/C16H23NO3/c1-11-7-6-8-12(2)14(11)15(20)17(16(3,4)5)10-9-13(18)19/h6-8H,9-10H2,1-5H3,(H,18,19). The van der Waals surface area contributed by atoms with Crippen LogP contribution >= 0.6 is 0 Å². The lowest BCUT2D eigenvalue weighted by Gasteiger charge is -2.36. The van der Waals surface area contributed by atoms with E-state index in [1.54, 1.807) is 4.90 Å². The number of benzene rings is 1. The molecule has 0 heterocycles. The van der Waals surface area contributed by atoms with Crippen LogP contribution in [0.5, 0.6) is 0 Å². The van der Waals surface area contributed by atoms with E-state index in [1.165, 1.54) is 0 Å². The number of hydrogen-bond acceptors (Lipinski definition) is 2. The highest BCUT2D eigenvalue weighted by Gasteiger charge is 2.29. The van der Waals surface area contributed by atoms with Crippen molar-refractivity contribution in [1.29, 1.82) is 0 Å². The second-order valence-corrected chi connectivity index (χ2v) is 6.04. The predicted octanol–water partition coefficient (Wildman–Crippen LogP) is 3.02. The Bertz CT molecular complexity index is 495. The quantitative estimate of drug-likeness (QED) is 0.920. The summed E-state index contributed by atoms with van der Waals surface area (Å²) in [4.78, 5) is 25.2. The maximum absolute atomic E-state index is 12.8. The highest BCUT2D eigenvalue weighted by molar-refractivity contribution is 5.97. The second kappa shape index (κ2) is 6.07. The molecule has 0 aromatic heterocycles. The Morgan fingerprint density at radius 1 is 1.15 bits per heavy atom. The van der Waals surface area contributed by atoms with Crippen LogP contribution in [0.1, 0.15) is 48.7 Å². The summed E-state index contributed by atoms with van der Waals surface area (Å²) in [6.45, 7) is 9.77. The molecule has 4 nitrogen and oxygen atoms in total. The Kier molecular flexibility index (Phi) is 4.93. The highest BCUT2D eigenvalue weighted by Crippen LogP contribution is 2.22. The molecule has 0 aliphatic rings. The Morgan fingerprint density at radius 2 is 1.65 bits per heavy atom. The summed E-state index contributed by atoms with van der Waals surface area (Å²) in [7, 11) is 0. The third kappa shape index (κ3) is 3.83. The number of hydrogen-bond donors (Lipinski definition) is 1. The SMILES string of the molecule is Cc1cccc(C)c1C(=O)N(CCC(=O)O)C(C)(C)C. The molecule has 0 radical (unpaired) electrons. The van der Waals surface area contributed by atoms with Crippen LogP contribution in [-0.4, -0.2) is 34.0 Å². The van der Waals surface area contributed by atoms with Gasteiger partial charge in [0.1, 0.15) is 0 Å². The van der Waals surface area contributed by atoms with E-state index in [0.29, 0.717) is 5.56 Å². The molecule has 0 bridgehead atoms. The topological polar surface area (TPSA) is 57.6 Å². The van der Waals surface area contributed by atoms with Crippen LogP contribution in [0, 0.1) is 13.8 Å². The maximum Gasteiger partial charge on any atom is 0.305 e. The zero-order valence-electron chi connectivity index (χ0n) is 12.9. The Hall–Kier alpha value is -1.84. The first kappa shape index (κ1) is 16.2. The van der Waals surface area contributed by atoms with Crippen LogP contribution in [0.15, 0.2) is 18.2 Å². The van der Waals surface area contributed by atoms with Gasteiger partial charge in [0.15, 0.2) is 0 Å². The van der Waals surface area contributed by atoms with Crippen LogP contribution in [0.3, 0.4) is 0 Å². The van der Waals surface area contributed by atoms with Crippen LogP contribution in [0.2, 0.25) is 0 Å². The van der Waals surface area contributed by atoms with Crippen molar-refractivity contribution in [1.82, 2.24) is 4.90 Å². The van der Waals surface area contributed by atoms with E-state index in [0.717, 1.165) is 11.1 Å². The zero-order chi connectivity index (χ0) is 15.5. The summed E-state index contributed by atoms with van der Waals surface area (Å²) < 4.78 is 0. The fourth-order valence-electron chi connectivity index (χ4n) is 2.24. The van der Waals surface area contributed by atoms with E-state index in [1.807, 2.05) is 52.8 Å². The molecule has 0 aliphatic heterocycles. The van der Waals surface area contributed by atoms with Gasteiger partial charge in [-0.2, -0.15) is 0 Å². The van der Waals surface area contributed by atoms with Crippen molar-refractivity contribution in [3.63, 3.8) is 0 Å². The molecule has 0 fully saturated rings. The van der Waals surface area contributed by atoms with Crippen molar-refractivity contribution < 1.29 is 14.7 Å². The van der Waals surface area contributed by atoms with Crippen molar-refractivity contribution in [2.75, 3.05) is 6.54 Å². The Balaban J connectivity index is 3.14. The summed E-state index contributed by atoms with van der Waals surface area (Å²) in [6.07, 6.45) is -0.0477. The lowest BCUT2D eigenvalue weighted by Crippen LogP contribution is -2.47. The predicted molar refractivity (Wildman–Crippen MR) is 79.0 cm³/mol. The first-order chi connectivity index (χ1) is 9.14. The summed E-state index contributed by atoms with van der Waals surface area (Å²) in [5.74, 6) is -0.997. The Morgan fingerprint density at radius 3 is 2.05 bits per heavy atom. The van der Waals surface area contributed by atoms with Gasteiger partial charge in [0, 0.05) is 17.6 Å². The van der Waals surface area contributed by atoms with Crippen molar-refractivity contribution in [3.8, 4) is 0 Å². The highest BCUT2D eigenvalue weighted by atomic mass is 16.4. The van der Waals surface area contributed by atoms with Gasteiger partial charge in [-0.05, 0) is 45.7 Å². The molecule has 1 aromatic rings. The van der Waals surface area contributed by atoms with Gasteiger partial charge in [0.05, 0.1) is 6.42 Å². The van der Waals surface area contributed by atoms with Gasteiger partial charge < -0.3 is 10.0 Å². The van der Waals surface area contributed by atoms with Gasteiger partial charge in [-0.1, -0.05) is 18.2 Å². The average molecular weight is 277 g/mol. The van der Waals surface area contributed by atoms with Crippen molar-refractivity contribution in [2.24, 2.45) is 0 Å². The summed E-state index contributed by atoms with van der Waals surface area (Å²) in [6, 6.07) is 5.72. The van der Waals surface area contributed by atoms with Crippen LogP contribution in [0.4, 0.5) is 0 Å². The molecule has 20 heavy (non-hydrogen) atoms. The minimum absolute atomic E-state index is 0.0477. The van der Waals surface area contributed by atoms with Crippen LogP contribution < -0.4 is 0 Å². The maximum atomic E-state index is 12.8. The molecule has 1 aromatic carbocycles. The van der Waals surface area contributed by atoms with Crippen molar-refractivity contribution >= 4 is 11.9 Å². The molecule has 0 unspecified atom stereocenters. The van der Waals surface area contributed by atoms with E-state index in [2.05, 4.69) is 0 Å². The molecular formula is C16H23NO3. The van der Waals surface area contributed by atoms with E-state index < -0.39 is 11.5 Å². The lowest BCUT2D eigenvalue weighted by atomic mass is 9.98. The smallest absolute Gasteiger partial charge is 0.305 e. The van der Waals surface area contributed by atoms with E-state index >= 15 is 0 Å². The summed E-state index contributed by atoms with van der Waals surface area (Å²) >= 11 is 0. The van der Waals surface area contributed by atoms with E-state index in [-0.39, 0.29) is 18.9 Å². The Labute approximate surface area is 120 Å². The minimum Gasteiger partial charge on any atom is -0.481 e. The number of carboxylic acid groups (broad SMARTS) is 1. The van der Waals surface area contributed by atoms with Gasteiger partial charge in [0.25, 0.3) is 5.91 Å². The summed E-state index contributed by atoms with van der Waals surface area (Å²) in [5.41, 5.74) is 2.09. The average Bonchev–Trinajstić information content (AvgIpc) is 2.26. The number of rotatable bonds is 4. The first-order valence-electron chi connectivity index (χ1n) is 6.74. The molecule has 1 amide bonds. The third-order valence-electron chi connectivity index (χ3n) is 3.30. The first-order valence-corrected chi connectivity index (χ1v) is 6.74. The molecule has 0 atom stereocenters. The largest absolute Gasteiger partial charge is 0.481 e. The molecule has 4 heteroatoms. The van der Waals surface area contributed by atoms with Gasteiger partial charge in [0.2, 0.25) is 0 Å². The number of nitrogens with zero attached hydrogens (tertiary/aromatic N) is 1. The fraction of sp³-hybridized carbons (Fsp3) is 0.500. The molecule has 0 saturated heterocycles. The number of carbonyl (C=O) groups is 2. The zero-order valence-corrected chi connectivity index (χ0v) is 12.9. The number of amides is 1. The van der Waals surface area contributed by atoms with E-state index in [4.69, 9.17) is 5.11 Å². The molecule has 110 valence electrons. The molecule has 1 rings (SSSR count). The van der Waals surface area contributed by atoms with Crippen LogP contribution in [0.25, 0.3) is 0 Å². The summed E-state index contributed by atoms with van der Waals surface area (Å²) in [5, 5.41) is 8.85. The number of aliphatic carboxylic acids is 1. The van der Waals surface area contributed by atoms with Gasteiger partial charge in [-0.15, -0.1) is 0 Å². The normalized spacial score (nSPS) is 11.2. The number of carbonyl (C=O) groups excluding carboxylic acids is 1. The molecule has 0 aliphatic carbocycles.